The van der Waals surface area contributed by atoms with Crippen molar-refractivity contribution >= 4 is 11.6 Å². The zero-order valence-corrected chi connectivity index (χ0v) is 15.7. The molecule has 1 N–H and O–H groups in total. The summed E-state index contributed by atoms with van der Waals surface area (Å²) < 4.78 is 16.2. The monoisotopic (exact) mass is 357 g/mol. The highest BCUT2D eigenvalue weighted by Gasteiger charge is 2.11. The number of rotatable bonds is 10. The van der Waals surface area contributed by atoms with Crippen LogP contribution in [0.15, 0.2) is 42.5 Å². The van der Waals surface area contributed by atoms with Crippen molar-refractivity contribution in [3.63, 3.8) is 0 Å². The molecule has 0 fully saturated rings. The van der Waals surface area contributed by atoms with Crippen molar-refractivity contribution in [3.05, 3.63) is 48.0 Å². The van der Waals surface area contributed by atoms with Crippen molar-refractivity contribution in [1.82, 2.24) is 0 Å². The molecule has 0 atom stereocenters. The fourth-order valence-electron chi connectivity index (χ4n) is 2.53. The van der Waals surface area contributed by atoms with Gasteiger partial charge in [-0.3, -0.25) is 4.79 Å². The number of unbranched alkanes of at least 4 members (excludes halogenated alkanes) is 3. The first-order valence-electron chi connectivity index (χ1n) is 8.94. The van der Waals surface area contributed by atoms with Crippen LogP contribution in [-0.4, -0.2) is 26.7 Å². The van der Waals surface area contributed by atoms with Crippen molar-refractivity contribution in [3.8, 4) is 17.2 Å². The molecule has 5 heteroatoms. The van der Waals surface area contributed by atoms with Gasteiger partial charge in [0, 0.05) is 11.6 Å². The molecular formula is C21H27NO4. The number of benzene rings is 2. The number of ether oxygens (including phenoxy) is 3. The maximum Gasteiger partial charge on any atom is 0.255 e. The van der Waals surface area contributed by atoms with E-state index in [0.717, 1.165) is 12.2 Å². The zero-order chi connectivity index (χ0) is 18.8. The van der Waals surface area contributed by atoms with Crippen LogP contribution in [-0.2, 0) is 0 Å². The summed E-state index contributed by atoms with van der Waals surface area (Å²) in [5, 5.41) is 2.85. The van der Waals surface area contributed by atoms with Gasteiger partial charge in [0.1, 0.15) is 17.2 Å². The maximum atomic E-state index is 12.5. The van der Waals surface area contributed by atoms with Crippen molar-refractivity contribution in [2.45, 2.75) is 32.6 Å². The van der Waals surface area contributed by atoms with Gasteiger partial charge in [-0.25, -0.2) is 0 Å². The predicted octanol–water partition coefficient (Wildman–Crippen LogP) is 4.92. The van der Waals surface area contributed by atoms with Crippen LogP contribution >= 0.6 is 0 Å². The lowest BCUT2D eigenvalue weighted by molar-refractivity contribution is 0.102. The topological polar surface area (TPSA) is 56.8 Å². The Kier molecular flexibility index (Phi) is 7.80. The van der Waals surface area contributed by atoms with Gasteiger partial charge in [0.15, 0.2) is 0 Å². The van der Waals surface area contributed by atoms with Gasteiger partial charge in [0.25, 0.3) is 5.91 Å². The van der Waals surface area contributed by atoms with Gasteiger partial charge in [-0.2, -0.15) is 0 Å². The van der Waals surface area contributed by atoms with E-state index >= 15 is 0 Å². The highest BCUT2D eigenvalue weighted by atomic mass is 16.5. The quantitative estimate of drug-likeness (QED) is 0.614. The molecule has 0 aliphatic heterocycles. The molecule has 0 aliphatic rings. The van der Waals surface area contributed by atoms with E-state index < -0.39 is 0 Å². The van der Waals surface area contributed by atoms with Crippen LogP contribution in [0.2, 0.25) is 0 Å². The smallest absolute Gasteiger partial charge is 0.255 e. The summed E-state index contributed by atoms with van der Waals surface area (Å²) >= 11 is 0. The number of amides is 1. The second-order valence-corrected chi connectivity index (χ2v) is 5.95. The Labute approximate surface area is 155 Å². The van der Waals surface area contributed by atoms with Crippen molar-refractivity contribution in [2.75, 3.05) is 26.1 Å². The van der Waals surface area contributed by atoms with Crippen LogP contribution < -0.4 is 19.5 Å². The molecule has 2 aromatic rings. The van der Waals surface area contributed by atoms with E-state index in [4.69, 9.17) is 14.2 Å². The summed E-state index contributed by atoms with van der Waals surface area (Å²) in [5.41, 5.74) is 1.11. The zero-order valence-electron chi connectivity index (χ0n) is 15.7. The maximum absolute atomic E-state index is 12.5. The predicted molar refractivity (Wildman–Crippen MR) is 104 cm³/mol. The Morgan fingerprint density at radius 3 is 2.31 bits per heavy atom. The molecule has 2 rings (SSSR count). The molecule has 0 unspecified atom stereocenters. The molecule has 0 spiro atoms. The van der Waals surface area contributed by atoms with E-state index in [0.29, 0.717) is 29.4 Å². The van der Waals surface area contributed by atoms with Gasteiger partial charge >= 0.3 is 0 Å². The molecule has 0 aromatic heterocycles. The van der Waals surface area contributed by atoms with E-state index in [-0.39, 0.29) is 5.91 Å². The second-order valence-electron chi connectivity index (χ2n) is 5.95. The van der Waals surface area contributed by atoms with Gasteiger partial charge in [0.2, 0.25) is 0 Å². The van der Waals surface area contributed by atoms with Crippen molar-refractivity contribution in [1.29, 1.82) is 0 Å². The minimum atomic E-state index is -0.217. The number of carbonyl (C=O) groups is 1. The number of hydrogen-bond acceptors (Lipinski definition) is 4. The van der Waals surface area contributed by atoms with Gasteiger partial charge < -0.3 is 19.5 Å². The number of anilines is 1. The first-order valence-corrected chi connectivity index (χ1v) is 8.94. The fraction of sp³-hybridized carbons (Fsp3) is 0.381. The highest BCUT2D eigenvalue weighted by molar-refractivity contribution is 6.05. The Balaban J connectivity index is 1.95. The third-order valence-electron chi connectivity index (χ3n) is 4.04. The number of nitrogens with one attached hydrogen (secondary N) is 1. The van der Waals surface area contributed by atoms with Crippen LogP contribution in [0.1, 0.15) is 43.0 Å². The van der Waals surface area contributed by atoms with E-state index in [9.17, 15) is 4.79 Å². The van der Waals surface area contributed by atoms with Gasteiger partial charge in [0.05, 0.1) is 26.5 Å². The molecule has 1 amide bonds. The second kappa shape index (κ2) is 10.3. The van der Waals surface area contributed by atoms with E-state index in [1.54, 1.807) is 44.6 Å². The minimum Gasteiger partial charge on any atom is -0.497 e. The Hall–Kier alpha value is -2.69. The van der Waals surface area contributed by atoms with Crippen LogP contribution in [0.3, 0.4) is 0 Å². The molecule has 5 nitrogen and oxygen atoms in total. The first kappa shape index (κ1) is 19.6. The van der Waals surface area contributed by atoms with Crippen LogP contribution in [0, 0.1) is 0 Å². The SMILES string of the molecule is CCCCCCOc1ccc(C(=O)Nc2cc(OC)ccc2OC)cc1. The number of hydrogen-bond donors (Lipinski definition) is 1. The third kappa shape index (κ3) is 5.69. The first-order chi connectivity index (χ1) is 12.7. The number of carbonyl (C=O) groups excluding carboxylic acids is 1. The molecular weight excluding hydrogens is 330 g/mol. The fourth-order valence-corrected chi connectivity index (χ4v) is 2.53. The Morgan fingerprint density at radius 1 is 0.923 bits per heavy atom. The Morgan fingerprint density at radius 2 is 1.65 bits per heavy atom. The molecule has 0 radical (unpaired) electrons. The normalized spacial score (nSPS) is 10.3. The van der Waals surface area contributed by atoms with Crippen molar-refractivity contribution in [2.24, 2.45) is 0 Å². The van der Waals surface area contributed by atoms with Gasteiger partial charge in [-0.15, -0.1) is 0 Å². The molecule has 0 bridgehead atoms. The molecule has 2 aromatic carbocycles. The molecule has 140 valence electrons. The highest BCUT2D eigenvalue weighted by Crippen LogP contribution is 2.29. The summed E-state index contributed by atoms with van der Waals surface area (Å²) in [7, 11) is 3.14. The largest absolute Gasteiger partial charge is 0.497 e. The summed E-state index contributed by atoms with van der Waals surface area (Å²) in [6.07, 6.45) is 4.67. The molecule has 0 saturated heterocycles. The van der Waals surface area contributed by atoms with E-state index in [1.165, 1.54) is 19.3 Å². The third-order valence-corrected chi connectivity index (χ3v) is 4.04. The van der Waals surface area contributed by atoms with E-state index in [2.05, 4.69) is 12.2 Å². The average Bonchev–Trinajstić information content (AvgIpc) is 2.68. The lowest BCUT2D eigenvalue weighted by Gasteiger charge is -2.12. The lowest BCUT2D eigenvalue weighted by Crippen LogP contribution is -2.12. The van der Waals surface area contributed by atoms with Gasteiger partial charge in [-0.1, -0.05) is 26.2 Å². The van der Waals surface area contributed by atoms with Crippen LogP contribution in [0.4, 0.5) is 5.69 Å². The van der Waals surface area contributed by atoms with E-state index in [1.807, 2.05) is 12.1 Å². The average molecular weight is 357 g/mol. The van der Waals surface area contributed by atoms with Crippen molar-refractivity contribution < 1.29 is 19.0 Å². The lowest BCUT2D eigenvalue weighted by atomic mass is 10.2. The van der Waals surface area contributed by atoms with Crippen LogP contribution in [0.25, 0.3) is 0 Å². The Bertz CT molecular complexity index is 698. The summed E-state index contributed by atoms with van der Waals surface area (Å²) in [5.74, 6) is 1.78. The minimum absolute atomic E-state index is 0.217. The number of methoxy groups -OCH3 is 2. The van der Waals surface area contributed by atoms with Crippen LogP contribution in [0.5, 0.6) is 17.2 Å². The molecule has 0 saturated carbocycles. The summed E-state index contributed by atoms with van der Waals surface area (Å²) in [6.45, 7) is 2.89. The standard InChI is InChI=1S/C21H27NO4/c1-4-5-6-7-14-26-17-10-8-16(9-11-17)21(23)22-19-15-18(24-2)12-13-20(19)25-3/h8-13,15H,4-7,14H2,1-3H3,(H,22,23). The molecule has 0 heterocycles. The molecule has 0 aliphatic carbocycles. The van der Waals surface area contributed by atoms with Gasteiger partial charge in [-0.05, 0) is 42.8 Å². The summed E-state index contributed by atoms with van der Waals surface area (Å²) in [4.78, 5) is 12.5. The summed E-state index contributed by atoms with van der Waals surface area (Å²) in [6, 6.07) is 12.4. The molecule has 26 heavy (non-hydrogen) atoms.